The normalized spacial score (nSPS) is 7.18. The molecule has 0 aliphatic carbocycles. The van der Waals surface area contributed by atoms with Crippen molar-refractivity contribution >= 4 is 30.7 Å². The summed E-state index contributed by atoms with van der Waals surface area (Å²) in [5.74, 6) is 0.336. The molecule has 0 bridgehead atoms. The van der Waals surface area contributed by atoms with E-state index in [1.165, 1.54) is 6.41 Å². The van der Waals surface area contributed by atoms with E-state index in [4.69, 9.17) is 0 Å². The smallest absolute Gasteiger partial charge is 0.0704 e. The molecule has 1 aromatic rings. The van der Waals surface area contributed by atoms with Crippen molar-refractivity contribution in [1.82, 2.24) is 4.98 Å². The Labute approximate surface area is 129 Å². The van der Waals surface area contributed by atoms with E-state index < -0.39 is 0 Å². The van der Waals surface area contributed by atoms with Crippen LogP contribution >= 0.6 is 0 Å². The molecule has 1 heterocycles. The second kappa shape index (κ2) is 13.2. The molecule has 0 aromatic carbocycles. The molecule has 0 saturated carbocycles. The van der Waals surface area contributed by atoms with Crippen LogP contribution in [-0.2, 0) is 37.5 Å². The molecule has 0 spiro atoms. The zero-order chi connectivity index (χ0) is 11.7. The Morgan fingerprint density at radius 2 is 2.12 bits per heavy atom. The number of hydrogen-bond acceptors (Lipinski definition) is 3. The number of carbonyl (C=O) groups excluding carboxylic acids is 1. The van der Waals surface area contributed by atoms with Gasteiger partial charge in [-0.25, -0.2) is 0 Å². The molecule has 0 saturated heterocycles. The first-order chi connectivity index (χ1) is 7.33. The quantitative estimate of drug-likeness (QED) is 0.528. The molecule has 1 amide bonds. The second-order valence-corrected chi connectivity index (χ2v) is 2.19. The Bertz CT molecular complexity index is 354. The maximum Gasteiger partial charge on any atom is 0.0704 e. The van der Waals surface area contributed by atoms with Gasteiger partial charge < -0.3 is 22.5 Å². The van der Waals surface area contributed by atoms with Crippen LogP contribution in [-0.4, -0.2) is 18.1 Å². The van der Waals surface area contributed by atoms with Gasteiger partial charge in [-0.3, -0.25) is 4.99 Å². The zero-order valence-electron chi connectivity index (χ0n) is 10.5. The Morgan fingerprint density at radius 3 is 2.53 bits per heavy atom. The zero-order valence-corrected chi connectivity index (χ0v) is 13.4. The first-order valence-electron chi connectivity index (χ1n) is 4.54. The van der Waals surface area contributed by atoms with Crippen molar-refractivity contribution in [2.45, 2.75) is 13.8 Å². The van der Waals surface area contributed by atoms with Gasteiger partial charge in [-0.15, -0.1) is 0 Å². The topological polar surface area (TPSA) is 54.4 Å². The minimum absolute atomic E-state index is 0. The van der Waals surface area contributed by atoms with Crippen LogP contribution in [0.3, 0.4) is 0 Å². The third-order valence-electron chi connectivity index (χ3n) is 1.50. The van der Waals surface area contributed by atoms with Crippen LogP contribution in [0.5, 0.6) is 0 Å². The van der Waals surface area contributed by atoms with Crippen molar-refractivity contribution in [1.29, 1.82) is 0 Å². The van der Waals surface area contributed by atoms with Crippen LogP contribution < -0.4 is 5.32 Å². The molecule has 0 aliphatic heterocycles. The SMILES string of the molecule is C=Cc1ccnc(N[C-]=O)c1N=C.CC.[CH3-].[Y]. The first kappa shape index (κ1) is 21.4. The van der Waals surface area contributed by atoms with Gasteiger partial charge in [0.05, 0.1) is 6.41 Å². The summed E-state index contributed by atoms with van der Waals surface area (Å²) in [6, 6.07) is 1.73. The Balaban J connectivity index is -0.000000464. The molecule has 4 nitrogen and oxygen atoms in total. The molecule has 1 aromatic heterocycles. The van der Waals surface area contributed by atoms with Crippen molar-refractivity contribution < 1.29 is 37.5 Å². The van der Waals surface area contributed by atoms with Gasteiger partial charge in [0, 0.05) is 50.4 Å². The minimum atomic E-state index is 0. The van der Waals surface area contributed by atoms with Crippen molar-refractivity contribution in [2.75, 3.05) is 5.32 Å². The van der Waals surface area contributed by atoms with E-state index in [0.29, 0.717) is 11.5 Å². The molecule has 0 aliphatic rings. The van der Waals surface area contributed by atoms with Crippen LogP contribution in [0.25, 0.3) is 6.08 Å². The fourth-order valence-corrected chi connectivity index (χ4v) is 0.940. The third-order valence-corrected chi connectivity index (χ3v) is 1.50. The fourth-order valence-electron chi connectivity index (χ4n) is 0.940. The molecule has 17 heavy (non-hydrogen) atoms. The number of nitrogens with one attached hydrogen (secondary N) is 1. The first-order valence-corrected chi connectivity index (χ1v) is 4.54. The summed E-state index contributed by atoms with van der Waals surface area (Å²) in [6.45, 7) is 11.0. The van der Waals surface area contributed by atoms with E-state index in [1.807, 2.05) is 13.8 Å². The Kier molecular flexibility index (Phi) is 16.6. The van der Waals surface area contributed by atoms with E-state index in [0.717, 1.165) is 5.56 Å². The number of pyridine rings is 1. The summed E-state index contributed by atoms with van der Waals surface area (Å²) in [6.07, 6.45) is 4.69. The largest absolute Gasteiger partial charge is 0.474 e. The Hall–Kier alpha value is -0.866. The van der Waals surface area contributed by atoms with Crippen LogP contribution in [0, 0.1) is 7.43 Å². The van der Waals surface area contributed by atoms with E-state index in [2.05, 4.69) is 28.6 Å². The number of nitrogens with zero attached hydrogens (tertiary/aromatic N) is 2. The van der Waals surface area contributed by atoms with Crippen LogP contribution in [0.2, 0.25) is 0 Å². The maximum atomic E-state index is 10.1. The van der Waals surface area contributed by atoms with Gasteiger partial charge >= 0.3 is 0 Å². The maximum absolute atomic E-state index is 10.1. The van der Waals surface area contributed by atoms with Gasteiger partial charge in [0.2, 0.25) is 0 Å². The van der Waals surface area contributed by atoms with Crippen molar-refractivity contribution in [2.24, 2.45) is 4.99 Å². The van der Waals surface area contributed by atoms with Gasteiger partial charge in [-0.05, 0) is 18.3 Å². The molecular formula is C12H17N3OY-2. The molecule has 0 fully saturated rings. The molecule has 1 N–H and O–H groups in total. The summed E-state index contributed by atoms with van der Waals surface area (Å²) in [7, 11) is 0. The Morgan fingerprint density at radius 1 is 1.53 bits per heavy atom. The van der Waals surface area contributed by atoms with E-state index in [1.54, 1.807) is 18.3 Å². The molecule has 5 heteroatoms. The van der Waals surface area contributed by atoms with Crippen molar-refractivity contribution in [3.05, 3.63) is 31.8 Å². The molecule has 0 unspecified atom stereocenters. The predicted molar refractivity (Wildman–Crippen MR) is 70.6 cm³/mol. The van der Waals surface area contributed by atoms with Gasteiger partial charge in [0.1, 0.15) is 0 Å². The number of rotatable bonds is 4. The second-order valence-electron chi connectivity index (χ2n) is 2.19. The van der Waals surface area contributed by atoms with Gasteiger partial charge in [0.15, 0.2) is 0 Å². The average molecular weight is 308 g/mol. The summed E-state index contributed by atoms with van der Waals surface area (Å²) >= 11 is 0. The summed E-state index contributed by atoms with van der Waals surface area (Å²) < 4.78 is 0. The fraction of sp³-hybridized carbons (Fsp3) is 0.167. The van der Waals surface area contributed by atoms with Crippen LogP contribution in [0.1, 0.15) is 19.4 Å². The number of aromatic nitrogens is 1. The molecule has 91 valence electrons. The summed E-state index contributed by atoms with van der Waals surface area (Å²) in [5, 5.41) is 2.30. The van der Waals surface area contributed by atoms with Crippen molar-refractivity contribution in [3.63, 3.8) is 0 Å². The molecular weight excluding hydrogens is 291 g/mol. The summed E-state index contributed by atoms with van der Waals surface area (Å²) in [5.41, 5.74) is 1.27. The van der Waals surface area contributed by atoms with E-state index >= 15 is 0 Å². The van der Waals surface area contributed by atoms with Crippen molar-refractivity contribution in [3.8, 4) is 0 Å². The monoisotopic (exact) mass is 308 g/mol. The van der Waals surface area contributed by atoms with E-state index in [9.17, 15) is 4.79 Å². The number of aliphatic imine (C=N–C) groups is 1. The average Bonchev–Trinajstić information content (AvgIpc) is 2.31. The predicted octanol–water partition coefficient (Wildman–Crippen LogP) is 3.01. The minimum Gasteiger partial charge on any atom is -0.474 e. The number of anilines is 1. The van der Waals surface area contributed by atoms with E-state index in [-0.39, 0.29) is 40.1 Å². The summed E-state index contributed by atoms with van der Waals surface area (Å²) in [4.78, 5) is 17.7. The standard InChI is InChI=1S/C9H8N3O.C2H6.CH3.Y/c1-3-7-4-5-11-9(12-6-13)8(7)10-2;1-2;;/h3-5H,1-2H2,(H,11,12,13);1-2H3;1H3;/q-1;;-1;. The van der Waals surface area contributed by atoms with Gasteiger partial charge in [-0.1, -0.05) is 26.5 Å². The van der Waals surface area contributed by atoms with Gasteiger partial charge in [0.25, 0.3) is 0 Å². The molecule has 1 rings (SSSR count). The number of hydrogen-bond donors (Lipinski definition) is 1. The molecule has 0 atom stereocenters. The molecule has 1 radical (unpaired) electrons. The van der Waals surface area contributed by atoms with Gasteiger partial charge in [-0.2, -0.15) is 0 Å². The number of amides is 1. The third kappa shape index (κ3) is 6.44. The van der Waals surface area contributed by atoms with Crippen LogP contribution in [0.4, 0.5) is 11.5 Å². The van der Waals surface area contributed by atoms with Crippen LogP contribution in [0.15, 0.2) is 23.8 Å².